The van der Waals surface area contributed by atoms with Crippen molar-refractivity contribution in [3.05, 3.63) is 18.4 Å². The van der Waals surface area contributed by atoms with E-state index in [9.17, 15) is 0 Å². The van der Waals surface area contributed by atoms with Crippen LogP contribution in [0.5, 0.6) is 0 Å². The van der Waals surface area contributed by atoms with Crippen molar-refractivity contribution >= 4 is 5.82 Å². The molecule has 0 amide bonds. The van der Waals surface area contributed by atoms with E-state index in [-0.39, 0.29) is 6.04 Å². The molecule has 1 atom stereocenters. The Kier molecular flexibility index (Phi) is 3.95. The molecule has 2 aromatic rings. The number of nitrogens with two attached hydrogens (primary N) is 1. The predicted octanol–water partition coefficient (Wildman–Crippen LogP) is 2.58. The molecule has 1 saturated heterocycles. The maximum atomic E-state index is 5.88. The van der Waals surface area contributed by atoms with Crippen molar-refractivity contribution in [1.29, 1.82) is 0 Å². The Bertz CT molecular complexity index is 666. The molecule has 4 rings (SSSR count). The van der Waals surface area contributed by atoms with Crippen molar-refractivity contribution in [3.63, 3.8) is 0 Å². The summed E-state index contributed by atoms with van der Waals surface area (Å²) in [6.07, 6.45) is 11.9. The molecular weight excluding hydrogens is 292 g/mol. The molecule has 2 aliphatic rings. The van der Waals surface area contributed by atoms with Gasteiger partial charge in [0, 0.05) is 12.2 Å². The fraction of sp³-hybridized carbons (Fsp3) is 0.625. The smallest absolute Gasteiger partial charge is 0.244 e. The Morgan fingerprint density at radius 2 is 2.00 bits per heavy atom. The van der Waals surface area contributed by atoms with Crippen LogP contribution >= 0.6 is 0 Å². The van der Waals surface area contributed by atoms with Crippen LogP contribution < -0.4 is 5.73 Å². The number of nitrogen functional groups attached to an aromatic ring is 1. The number of nitrogens with zero attached hydrogens (tertiary/aromatic N) is 5. The van der Waals surface area contributed by atoms with Crippen LogP contribution in [0.4, 0.5) is 5.82 Å². The minimum absolute atomic E-state index is 0.241. The van der Waals surface area contributed by atoms with Crippen LogP contribution in [-0.2, 0) is 0 Å². The SMILES string of the molecule is Nc1ncncc1-c1noc(C2CCCN2C2CCCCC2)n1. The second-order valence-electron chi connectivity index (χ2n) is 6.47. The first-order chi connectivity index (χ1) is 11.3. The normalized spacial score (nSPS) is 23.4. The summed E-state index contributed by atoms with van der Waals surface area (Å²) in [6.45, 7) is 1.13. The summed E-state index contributed by atoms with van der Waals surface area (Å²) >= 11 is 0. The molecule has 1 aliphatic carbocycles. The number of hydrogen-bond donors (Lipinski definition) is 1. The fourth-order valence-electron chi connectivity index (χ4n) is 3.90. The lowest BCUT2D eigenvalue weighted by Crippen LogP contribution is -2.36. The average molecular weight is 314 g/mol. The lowest BCUT2D eigenvalue weighted by Gasteiger charge is -2.34. The summed E-state index contributed by atoms with van der Waals surface area (Å²) in [5.74, 6) is 1.56. The van der Waals surface area contributed by atoms with Gasteiger partial charge in [-0.15, -0.1) is 0 Å². The van der Waals surface area contributed by atoms with Gasteiger partial charge in [-0.05, 0) is 32.2 Å². The van der Waals surface area contributed by atoms with E-state index in [2.05, 4.69) is 25.0 Å². The molecule has 2 N–H and O–H groups in total. The molecule has 7 heteroatoms. The molecular formula is C16H22N6O. The lowest BCUT2D eigenvalue weighted by molar-refractivity contribution is 0.121. The van der Waals surface area contributed by atoms with Gasteiger partial charge in [-0.3, -0.25) is 4.90 Å². The Balaban J connectivity index is 1.57. The van der Waals surface area contributed by atoms with E-state index < -0.39 is 0 Å². The Hall–Kier alpha value is -2.02. The minimum atomic E-state index is 0.241. The third-order valence-corrected chi connectivity index (χ3v) is 5.05. The van der Waals surface area contributed by atoms with Crippen molar-refractivity contribution in [2.24, 2.45) is 0 Å². The molecule has 2 aromatic heterocycles. The fourth-order valence-corrected chi connectivity index (χ4v) is 3.90. The van der Waals surface area contributed by atoms with E-state index in [1.807, 2.05) is 0 Å². The van der Waals surface area contributed by atoms with Gasteiger partial charge in [0.05, 0.1) is 11.6 Å². The van der Waals surface area contributed by atoms with Crippen LogP contribution in [0.3, 0.4) is 0 Å². The first kappa shape index (κ1) is 14.6. The third kappa shape index (κ3) is 2.81. The average Bonchev–Trinajstić information content (AvgIpc) is 3.25. The maximum absolute atomic E-state index is 5.88. The van der Waals surface area contributed by atoms with Crippen LogP contribution in [0, 0.1) is 0 Å². The highest BCUT2D eigenvalue weighted by atomic mass is 16.5. The number of likely N-dealkylation sites (tertiary alicyclic amines) is 1. The number of rotatable bonds is 3. The van der Waals surface area contributed by atoms with Crippen molar-refractivity contribution < 1.29 is 4.52 Å². The molecule has 0 bridgehead atoms. The van der Waals surface area contributed by atoms with Gasteiger partial charge in [0.15, 0.2) is 0 Å². The van der Waals surface area contributed by atoms with Gasteiger partial charge < -0.3 is 10.3 Å². The first-order valence-electron chi connectivity index (χ1n) is 8.48. The highest BCUT2D eigenvalue weighted by Gasteiger charge is 2.35. The number of anilines is 1. The minimum Gasteiger partial charge on any atom is -0.383 e. The van der Waals surface area contributed by atoms with Gasteiger partial charge in [-0.25, -0.2) is 9.97 Å². The second kappa shape index (κ2) is 6.23. The Morgan fingerprint density at radius 1 is 1.13 bits per heavy atom. The molecule has 122 valence electrons. The summed E-state index contributed by atoms with van der Waals surface area (Å²) in [7, 11) is 0. The van der Waals surface area contributed by atoms with Gasteiger partial charge in [0.1, 0.15) is 12.1 Å². The standard InChI is InChI=1S/C16H22N6O/c17-14-12(9-18-10-19-14)15-20-16(23-21-15)13-7-4-8-22(13)11-5-2-1-3-6-11/h9-11,13H,1-8H2,(H2,17,18,19). The van der Waals surface area contributed by atoms with Crippen LogP contribution in [0.1, 0.15) is 56.9 Å². The molecule has 1 saturated carbocycles. The highest BCUT2D eigenvalue weighted by molar-refractivity contribution is 5.66. The van der Waals surface area contributed by atoms with Crippen LogP contribution in [0.2, 0.25) is 0 Å². The van der Waals surface area contributed by atoms with Crippen molar-refractivity contribution in [3.8, 4) is 11.4 Å². The van der Waals surface area contributed by atoms with Crippen molar-refractivity contribution in [2.75, 3.05) is 12.3 Å². The molecule has 7 nitrogen and oxygen atoms in total. The molecule has 0 aromatic carbocycles. The van der Waals surface area contributed by atoms with Gasteiger partial charge in [0.2, 0.25) is 11.7 Å². The highest BCUT2D eigenvalue weighted by Crippen LogP contribution is 2.37. The van der Waals surface area contributed by atoms with Crippen molar-refractivity contribution in [2.45, 2.75) is 57.0 Å². The van der Waals surface area contributed by atoms with Crippen LogP contribution in [0.15, 0.2) is 17.0 Å². The zero-order valence-corrected chi connectivity index (χ0v) is 13.2. The summed E-state index contributed by atoms with van der Waals surface area (Å²) < 4.78 is 5.57. The van der Waals surface area contributed by atoms with E-state index >= 15 is 0 Å². The molecule has 0 radical (unpaired) electrons. The van der Waals surface area contributed by atoms with Crippen LogP contribution in [0.25, 0.3) is 11.4 Å². The largest absolute Gasteiger partial charge is 0.383 e. The van der Waals surface area contributed by atoms with Gasteiger partial charge in [-0.2, -0.15) is 4.98 Å². The van der Waals surface area contributed by atoms with E-state index in [0.717, 1.165) is 13.0 Å². The number of hydrogen-bond acceptors (Lipinski definition) is 7. The van der Waals surface area contributed by atoms with Gasteiger partial charge in [-0.1, -0.05) is 24.4 Å². The summed E-state index contributed by atoms with van der Waals surface area (Å²) in [4.78, 5) is 15.1. The maximum Gasteiger partial charge on any atom is 0.244 e. The van der Waals surface area contributed by atoms with Gasteiger partial charge in [0.25, 0.3) is 0 Å². The van der Waals surface area contributed by atoms with Crippen molar-refractivity contribution in [1.82, 2.24) is 25.0 Å². The summed E-state index contributed by atoms with van der Waals surface area (Å²) in [5, 5.41) is 4.10. The van der Waals surface area contributed by atoms with E-state index in [1.165, 1.54) is 44.9 Å². The van der Waals surface area contributed by atoms with E-state index in [1.54, 1.807) is 6.20 Å². The second-order valence-corrected chi connectivity index (χ2v) is 6.47. The molecule has 1 aliphatic heterocycles. The quantitative estimate of drug-likeness (QED) is 0.930. The summed E-state index contributed by atoms with van der Waals surface area (Å²) in [6, 6.07) is 0.905. The molecule has 2 fully saturated rings. The topological polar surface area (TPSA) is 94.0 Å². The summed E-state index contributed by atoms with van der Waals surface area (Å²) in [5.41, 5.74) is 6.51. The molecule has 23 heavy (non-hydrogen) atoms. The van der Waals surface area contributed by atoms with E-state index in [4.69, 9.17) is 10.3 Å². The predicted molar refractivity (Wildman–Crippen MR) is 85.3 cm³/mol. The van der Waals surface area contributed by atoms with E-state index in [0.29, 0.717) is 29.1 Å². The van der Waals surface area contributed by atoms with Crippen LogP contribution in [-0.4, -0.2) is 37.6 Å². The lowest BCUT2D eigenvalue weighted by atomic mass is 9.94. The third-order valence-electron chi connectivity index (χ3n) is 5.05. The zero-order chi connectivity index (χ0) is 15.6. The molecule has 1 unspecified atom stereocenters. The monoisotopic (exact) mass is 314 g/mol. The Morgan fingerprint density at radius 3 is 2.83 bits per heavy atom. The zero-order valence-electron chi connectivity index (χ0n) is 13.2. The van der Waals surface area contributed by atoms with Gasteiger partial charge >= 0.3 is 0 Å². The number of aromatic nitrogens is 4. The first-order valence-corrected chi connectivity index (χ1v) is 8.48. The Labute approximate surface area is 135 Å². The molecule has 3 heterocycles. The molecule has 0 spiro atoms.